The quantitative estimate of drug-likeness (QED) is 0.926. The Kier molecular flexibility index (Phi) is 5.00. The molecule has 1 aromatic rings. The molecule has 22 heavy (non-hydrogen) atoms. The van der Waals surface area contributed by atoms with Crippen molar-refractivity contribution in [1.82, 2.24) is 4.31 Å². The molecule has 5 heteroatoms. The molecular formula is C17H28N2O2S. The molecule has 0 aromatic heterocycles. The highest BCUT2D eigenvalue weighted by molar-refractivity contribution is 7.89. The van der Waals surface area contributed by atoms with E-state index in [9.17, 15) is 8.42 Å². The van der Waals surface area contributed by atoms with Crippen LogP contribution in [0.3, 0.4) is 0 Å². The lowest BCUT2D eigenvalue weighted by Gasteiger charge is -2.41. The smallest absolute Gasteiger partial charge is 0.243 e. The summed E-state index contributed by atoms with van der Waals surface area (Å²) in [4.78, 5) is 0.410. The van der Waals surface area contributed by atoms with E-state index in [2.05, 4.69) is 13.8 Å². The third-order valence-corrected chi connectivity index (χ3v) is 6.70. The van der Waals surface area contributed by atoms with E-state index in [4.69, 9.17) is 5.73 Å². The van der Waals surface area contributed by atoms with Crippen LogP contribution in [0.15, 0.2) is 23.1 Å². The highest BCUT2D eigenvalue weighted by Crippen LogP contribution is 2.31. The Morgan fingerprint density at radius 2 is 1.86 bits per heavy atom. The average molecular weight is 324 g/mol. The number of rotatable bonds is 4. The van der Waals surface area contributed by atoms with Gasteiger partial charge in [0, 0.05) is 19.1 Å². The van der Waals surface area contributed by atoms with Crippen LogP contribution < -0.4 is 5.73 Å². The fourth-order valence-electron chi connectivity index (χ4n) is 3.12. The highest BCUT2D eigenvalue weighted by atomic mass is 32.2. The van der Waals surface area contributed by atoms with Crippen molar-refractivity contribution in [2.75, 3.05) is 13.1 Å². The topological polar surface area (TPSA) is 63.4 Å². The zero-order valence-electron chi connectivity index (χ0n) is 14.1. The summed E-state index contributed by atoms with van der Waals surface area (Å²) in [6.07, 6.45) is 2.48. The average Bonchev–Trinajstić information content (AvgIpc) is 2.48. The van der Waals surface area contributed by atoms with Gasteiger partial charge < -0.3 is 5.73 Å². The molecule has 124 valence electrons. The molecule has 0 spiro atoms. The summed E-state index contributed by atoms with van der Waals surface area (Å²) in [5, 5.41) is 0. The molecule has 1 fully saturated rings. The minimum absolute atomic E-state index is 0.0487. The molecule has 0 radical (unpaired) electrons. The summed E-state index contributed by atoms with van der Waals surface area (Å²) in [6.45, 7) is 9.22. The summed E-state index contributed by atoms with van der Waals surface area (Å²) in [5.41, 5.74) is 8.27. The third kappa shape index (κ3) is 3.21. The van der Waals surface area contributed by atoms with E-state index in [1.165, 1.54) is 5.56 Å². The Morgan fingerprint density at radius 3 is 2.41 bits per heavy atom. The fourth-order valence-corrected chi connectivity index (χ4v) is 4.79. The van der Waals surface area contributed by atoms with Crippen LogP contribution in [0.2, 0.25) is 0 Å². The van der Waals surface area contributed by atoms with Gasteiger partial charge in [-0.3, -0.25) is 0 Å². The molecule has 1 unspecified atom stereocenters. The monoisotopic (exact) mass is 324 g/mol. The highest BCUT2D eigenvalue weighted by Gasteiger charge is 2.38. The van der Waals surface area contributed by atoms with Gasteiger partial charge in [-0.1, -0.05) is 33.8 Å². The Hall–Kier alpha value is -0.910. The number of nitrogens with two attached hydrogens (primary N) is 1. The maximum absolute atomic E-state index is 12.9. The van der Waals surface area contributed by atoms with Crippen molar-refractivity contribution >= 4 is 10.0 Å². The molecule has 1 heterocycles. The fraction of sp³-hybridized carbons (Fsp3) is 0.647. The number of aryl methyl sites for hydroxylation is 2. The van der Waals surface area contributed by atoms with E-state index in [1.807, 2.05) is 26.0 Å². The summed E-state index contributed by atoms with van der Waals surface area (Å²) in [5.74, 6) is 0. The van der Waals surface area contributed by atoms with Crippen LogP contribution >= 0.6 is 0 Å². The number of nitrogens with zero attached hydrogens (tertiary/aromatic N) is 1. The SMILES string of the molecule is CCc1ccc(S(=O)(=O)N2CCC(N)C(C)(C)C2)cc1CC. The molecule has 1 aliphatic heterocycles. The molecule has 4 nitrogen and oxygen atoms in total. The van der Waals surface area contributed by atoms with Crippen LogP contribution in [0.1, 0.15) is 45.2 Å². The lowest BCUT2D eigenvalue weighted by molar-refractivity contribution is 0.155. The molecule has 1 atom stereocenters. The van der Waals surface area contributed by atoms with Gasteiger partial charge in [0.05, 0.1) is 4.90 Å². The van der Waals surface area contributed by atoms with E-state index in [1.54, 1.807) is 10.4 Å². The number of piperidine rings is 1. The Balaban J connectivity index is 2.35. The molecule has 2 N–H and O–H groups in total. The van der Waals surface area contributed by atoms with Gasteiger partial charge >= 0.3 is 0 Å². The predicted molar refractivity (Wildman–Crippen MR) is 90.3 cm³/mol. The third-order valence-electron chi connectivity index (χ3n) is 4.85. The normalized spacial score (nSPS) is 22.7. The van der Waals surface area contributed by atoms with Crippen molar-refractivity contribution in [3.63, 3.8) is 0 Å². The summed E-state index contributed by atoms with van der Waals surface area (Å²) in [7, 11) is -3.44. The minimum atomic E-state index is -3.44. The first kappa shape index (κ1) is 17.4. The van der Waals surface area contributed by atoms with E-state index in [-0.39, 0.29) is 11.5 Å². The lowest BCUT2D eigenvalue weighted by Crippen LogP contribution is -2.53. The minimum Gasteiger partial charge on any atom is -0.327 e. The zero-order chi connectivity index (χ0) is 16.5. The molecule has 0 amide bonds. The van der Waals surface area contributed by atoms with Crippen LogP contribution in [0.25, 0.3) is 0 Å². The van der Waals surface area contributed by atoms with Gasteiger partial charge in [-0.15, -0.1) is 0 Å². The van der Waals surface area contributed by atoms with E-state index < -0.39 is 10.0 Å². The second-order valence-electron chi connectivity index (χ2n) is 6.86. The van der Waals surface area contributed by atoms with E-state index in [0.717, 1.165) is 18.4 Å². The number of hydrogen-bond acceptors (Lipinski definition) is 3. The maximum atomic E-state index is 12.9. The van der Waals surface area contributed by atoms with Crippen molar-refractivity contribution in [1.29, 1.82) is 0 Å². The standard InChI is InChI=1S/C17H28N2O2S/c1-5-13-7-8-15(11-14(13)6-2)22(20,21)19-10-9-16(18)17(3,4)12-19/h7-8,11,16H,5-6,9-10,12,18H2,1-4H3. The second kappa shape index (κ2) is 6.30. The van der Waals surface area contributed by atoms with Gasteiger partial charge in [0.25, 0.3) is 0 Å². The summed E-state index contributed by atoms with van der Waals surface area (Å²) < 4.78 is 27.5. The van der Waals surface area contributed by atoms with Crippen LogP contribution in [-0.4, -0.2) is 31.9 Å². The molecule has 1 saturated heterocycles. The molecule has 1 aliphatic rings. The van der Waals surface area contributed by atoms with Crippen LogP contribution in [-0.2, 0) is 22.9 Å². The van der Waals surface area contributed by atoms with Crippen LogP contribution in [0, 0.1) is 5.41 Å². The molecular weight excluding hydrogens is 296 g/mol. The lowest BCUT2D eigenvalue weighted by atomic mass is 9.81. The van der Waals surface area contributed by atoms with E-state index >= 15 is 0 Å². The van der Waals surface area contributed by atoms with Crippen LogP contribution in [0.5, 0.6) is 0 Å². The van der Waals surface area contributed by atoms with Gasteiger partial charge in [-0.05, 0) is 47.9 Å². The van der Waals surface area contributed by atoms with Gasteiger partial charge in [0.15, 0.2) is 0 Å². The number of benzene rings is 1. The molecule has 2 rings (SSSR count). The summed E-state index contributed by atoms with van der Waals surface area (Å²) in [6, 6.07) is 5.59. The maximum Gasteiger partial charge on any atom is 0.243 e. The second-order valence-corrected chi connectivity index (χ2v) is 8.80. The first-order chi connectivity index (χ1) is 10.2. The Morgan fingerprint density at radius 1 is 1.23 bits per heavy atom. The molecule has 0 aliphatic carbocycles. The van der Waals surface area contributed by atoms with Gasteiger partial charge in [0.1, 0.15) is 0 Å². The number of sulfonamides is 1. The Labute approximate surface area is 134 Å². The first-order valence-electron chi connectivity index (χ1n) is 8.10. The van der Waals surface area contributed by atoms with Crippen molar-refractivity contribution in [2.24, 2.45) is 11.1 Å². The van der Waals surface area contributed by atoms with Crippen molar-refractivity contribution < 1.29 is 8.42 Å². The summed E-state index contributed by atoms with van der Waals surface area (Å²) >= 11 is 0. The molecule has 0 bridgehead atoms. The van der Waals surface area contributed by atoms with Gasteiger partial charge in [-0.25, -0.2) is 8.42 Å². The van der Waals surface area contributed by atoms with Gasteiger partial charge in [0.2, 0.25) is 10.0 Å². The van der Waals surface area contributed by atoms with E-state index in [0.29, 0.717) is 24.4 Å². The number of hydrogen-bond donors (Lipinski definition) is 1. The van der Waals surface area contributed by atoms with Gasteiger partial charge in [-0.2, -0.15) is 4.31 Å². The van der Waals surface area contributed by atoms with Crippen LogP contribution in [0.4, 0.5) is 0 Å². The zero-order valence-corrected chi connectivity index (χ0v) is 14.9. The largest absolute Gasteiger partial charge is 0.327 e. The van der Waals surface area contributed by atoms with Crippen molar-refractivity contribution in [3.8, 4) is 0 Å². The predicted octanol–water partition coefficient (Wildman–Crippen LogP) is 2.56. The van der Waals surface area contributed by atoms with Crippen molar-refractivity contribution in [2.45, 2.75) is 57.9 Å². The van der Waals surface area contributed by atoms with Crippen molar-refractivity contribution in [3.05, 3.63) is 29.3 Å². The molecule has 0 saturated carbocycles. The first-order valence-corrected chi connectivity index (χ1v) is 9.54. The molecule has 1 aromatic carbocycles. The Bertz CT molecular complexity index is 638.